The van der Waals surface area contributed by atoms with Gasteiger partial charge in [-0.15, -0.1) is 0 Å². The van der Waals surface area contributed by atoms with Gasteiger partial charge in [0.15, 0.2) is 0 Å². The predicted molar refractivity (Wildman–Crippen MR) is 71.8 cm³/mol. The van der Waals surface area contributed by atoms with Crippen molar-refractivity contribution in [1.29, 1.82) is 0 Å². The van der Waals surface area contributed by atoms with Gasteiger partial charge < -0.3 is 15.7 Å². The maximum Gasteiger partial charge on any atom is 0.251 e. The van der Waals surface area contributed by atoms with E-state index in [2.05, 4.69) is 10.6 Å². The average molecular weight is 248 g/mol. The molecule has 1 saturated carbocycles. The molecule has 1 aromatic carbocycles. The summed E-state index contributed by atoms with van der Waals surface area (Å²) in [5.74, 6) is 0.674. The predicted octanol–water partition coefficient (Wildman–Crippen LogP) is 1.54. The summed E-state index contributed by atoms with van der Waals surface area (Å²) in [5.41, 5.74) is 2.66. The third-order valence-corrected chi connectivity index (χ3v) is 3.25. The smallest absolute Gasteiger partial charge is 0.251 e. The van der Waals surface area contributed by atoms with Crippen LogP contribution in [-0.2, 0) is 0 Å². The van der Waals surface area contributed by atoms with Crippen molar-refractivity contribution in [2.24, 2.45) is 5.92 Å². The Morgan fingerprint density at radius 3 is 2.89 bits per heavy atom. The molecule has 4 nitrogen and oxygen atoms in total. The second kappa shape index (κ2) is 5.87. The first-order chi connectivity index (χ1) is 8.72. The van der Waals surface area contributed by atoms with Crippen molar-refractivity contribution in [2.75, 3.05) is 25.0 Å². The number of hydrogen-bond donors (Lipinski definition) is 3. The van der Waals surface area contributed by atoms with Crippen LogP contribution in [0.5, 0.6) is 0 Å². The first kappa shape index (κ1) is 12.9. The number of carbonyl (C=O) groups is 1. The summed E-state index contributed by atoms with van der Waals surface area (Å²) in [6.45, 7) is 3.19. The van der Waals surface area contributed by atoms with E-state index >= 15 is 0 Å². The fourth-order valence-electron chi connectivity index (χ4n) is 1.91. The molecule has 0 bridgehead atoms. The molecule has 1 fully saturated rings. The minimum absolute atomic E-state index is 0.0373. The lowest BCUT2D eigenvalue weighted by molar-refractivity contribution is 0.0944. The van der Waals surface area contributed by atoms with Crippen molar-refractivity contribution in [2.45, 2.75) is 19.8 Å². The zero-order chi connectivity index (χ0) is 13.0. The van der Waals surface area contributed by atoms with Crippen LogP contribution in [0.1, 0.15) is 28.8 Å². The SMILES string of the molecule is Cc1c(NCC2CC2)cccc1C(=O)NCCO. The van der Waals surface area contributed by atoms with E-state index in [0.29, 0.717) is 5.56 Å². The van der Waals surface area contributed by atoms with Crippen LogP contribution in [0, 0.1) is 12.8 Å². The Hall–Kier alpha value is -1.55. The molecule has 98 valence electrons. The maximum absolute atomic E-state index is 11.9. The van der Waals surface area contributed by atoms with Crippen molar-refractivity contribution in [1.82, 2.24) is 5.32 Å². The number of rotatable bonds is 6. The highest BCUT2D eigenvalue weighted by Gasteiger charge is 2.21. The van der Waals surface area contributed by atoms with E-state index in [1.54, 1.807) is 0 Å². The van der Waals surface area contributed by atoms with E-state index < -0.39 is 0 Å². The lowest BCUT2D eigenvalue weighted by Gasteiger charge is -2.13. The number of amides is 1. The Balaban J connectivity index is 2.04. The molecular weight excluding hydrogens is 228 g/mol. The largest absolute Gasteiger partial charge is 0.395 e. The van der Waals surface area contributed by atoms with E-state index in [4.69, 9.17) is 5.11 Å². The minimum atomic E-state index is -0.128. The molecule has 0 unspecified atom stereocenters. The summed E-state index contributed by atoms with van der Waals surface area (Å²) < 4.78 is 0. The molecule has 2 rings (SSSR count). The van der Waals surface area contributed by atoms with E-state index in [-0.39, 0.29) is 19.1 Å². The van der Waals surface area contributed by atoms with Gasteiger partial charge in [-0.25, -0.2) is 0 Å². The molecule has 3 N–H and O–H groups in total. The Morgan fingerprint density at radius 2 is 2.22 bits per heavy atom. The molecule has 0 aromatic heterocycles. The zero-order valence-electron chi connectivity index (χ0n) is 10.7. The van der Waals surface area contributed by atoms with Crippen LogP contribution in [0.3, 0.4) is 0 Å². The van der Waals surface area contributed by atoms with Crippen molar-refractivity contribution < 1.29 is 9.90 Å². The molecular formula is C14H20N2O2. The molecule has 0 aliphatic heterocycles. The van der Waals surface area contributed by atoms with Crippen molar-refractivity contribution in [3.63, 3.8) is 0 Å². The molecule has 0 atom stereocenters. The number of nitrogens with one attached hydrogen (secondary N) is 2. The summed E-state index contributed by atoms with van der Waals surface area (Å²) in [4.78, 5) is 11.9. The monoisotopic (exact) mass is 248 g/mol. The van der Waals surface area contributed by atoms with Crippen molar-refractivity contribution in [3.8, 4) is 0 Å². The summed E-state index contributed by atoms with van der Waals surface area (Å²) in [7, 11) is 0. The van der Waals surface area contributed by atoms with Gasteiger partial charge in [-0.2, -0.15) is 0 Å². The third kappa shape index (κ3) is 3.23. The third-order valence-electron chi connectivity index (χ3n) is 3.25. The molecule has 1 aliphatic rings. The first-order valence-electron chi connectivity index (χ1n) is 6.45. The van der Waals surface area contributed by atoms with E-state index in [1.165, 1.54) is 12.8 Å². The molecule has 0 saturated heterocycles. The van der Waals surface area contributed by atoms with Crippen molar-refractivity contribution in [3.05, 3.63) is 29.3 Å². The number of benzene rings is 1. The van der Waals surface area contributed by atoms with Crippen molar-refractivity contribution >= 4 is 11.6 Å². The maximum atomic E-state index is 11.9. The summed E-state index contributed by atoms with van der Waals surface area (Å²) in [6.07, 6.45) is 2.62. The fourth-order valence-corrected chi connectivity index (χ4v) is 1.91. The first-order valence-corrected chi connectivity index (χ1v) is 6.45. The standard InChI is InChI=1S/C14H20N2O2/c1-10-12(14(18)15-7-8-17)3-2-4-13(10)16-9-11-5-6-11/h2-4,11,16-17H,5-9H2,1H3,(H,15,18). The van der Waals surface area contributed by atoms with E-state index in [1.807, 2.05) is 25.1 Å². The molecule has 0 heterocycles. The van der Waals surface area contributed by atoms with Crippen LogP contribution in [0.25, 0.3) is 0 Å². The minimum Gasteiger partial charge on any atom is -0.395 e. The molecule has 1 aromatic rings. The van der Waals surface area contributed by atoms with Gasteiger partial charge in [0, 0.05) is 24.3 Å². The van der Waals surface area contributed by atoms with Gasteiger partial charge in [0.25, 0.3) is 5.91 Å². The van der Waals surface area contributed by atoms with Crippen LogP contribution in [-0.4, -0.2) is 30.7 Å². The molecule has 1 amide bonds. The van der Waals surface area contributed by atoms with Crippen LogP contribution in [0.15, 0.2) is 18.2 Å². The number of hydrogen-bond acceptors (Lipinski definition) is 3. The lowest BCUT2D eigenvalue weighted by Crippen LogP contribution is -2.27. The Morgan fingerprint density at radius 1 is 1.44 bits per heavy atom. The summed E-state index contributed by atoms with van der Waals surface area (Å²) >= 11 is 0. The van der Waals surface area contributed by atoms with Gasteiger partial charge in [0.05, 0.1) is 6.61 Å². The van der Waals surface area contributed by atoms with E-state index in [9.17, 15) is 4.79 Å². The second-order valence-corrected chi connectivity index (χ2v) is 4.78. The number of anilines is 1. The number of aliphatic hydroxyl groups is 1. The highest BCUT2D eigenvalue weighted by molar-refractivity contribution is 5.97. The number of aliphatic hydroxyl groups excluding tert-OH is 1. The van der Waals surface area contributed by atoms with Gasteiger partial charge >= 0.3 is 0 Å². The van der Waals surface area contributed by atoms with Crippen LogP contribution in [0.4, 0.5) is 5.69 Å². The van der Waals surface area contributed by atoms with Gasteiger partial charge in [-0.3, -0.25) is 4.79 Å². The van der Waals surface area contributed by atoms with Crippen LogP contribution in [0.2, 0.25) is 0 Å². The molecule has 0 radical (unpaired) electrons. The van der Waals surface area contributed by atoms with Gasteiger partial charge in [-0.1, -0.05) is 6.07 Å². The van der Waals surface area contributed by atoms with Crippen LogP contribution < -0.4 is 10.6 Å². The second-order valence-electron chi connectivity index (χ2n) is 4.78. The highest BCUT2D eigenvalue weighted by Crippen LogP contribution is 2.29. The lowest BCUT2D eigenvalue weighted by atomic mass is 10.1. The van der Waals surface area contributed by atoms with Gasteiger partial charge in [0.2, 0.25) is 0 Å². The Kier molecular flexibility index (Phi) is 4.20. The highest BCUT2D eigenvalue weighted by atomic mass is 16.3. The van der Waals surface area contributed by atoms with E-state index in [0.717, 1.165) is 23.7 Å². The summed E-state index contributed by atoms with van der Waals surface area (Å²) in [6, 6.07) is 5.70. The molecule has 18 heavy (non-hydrogen) atoms. The quantitative estimate of drug-likeness (QED) is 0.715. The topological polar surface area (TPSA) is 61.4 Å². The van der Waals surface area contributed by atoms with Gasteiger partial charge in [-0.05, 0) is 43.4 Å². The van der Waals surface area contributed by atoms with Gasteiger partial charge in [0.1, 0.15) is 0 Å². The zero-order valence-corrected chi connectivity index (χ0v) is 10.7. The average Bonchev–Trinajstić information content (AvgIpc) is 3.19. The van der Waals surface area contributed by atoms with Crippen LogP contribution >= 0.6 is 0 Å². The molecule has 4 heteroatoms. The number of carbonyl (C=O) groups excluding carboxylic acids is 1. The summed E-state index contributed by atoms with van der Waals surface area (Å²) in [5, 5.41) is 14.8. The fraction of sp³-hybridized carbons (Fsp3) is 0.500. The Labute approximate surface area is 107 Å². The molecule has 1 aliphatic carbocycles. The Bertz CT molecular complexity index is 428. The normalized spacial score (nSPS) is 14.3. The molecule has 0 spiro atoms.